The molecular formula is C20H35BrN2O3Si. The molecule has 27 heavy (non-hydrogen) atoms. The van der Waals surface area contributed by atoms with Crippen molar-refractivity contribution in [2.45, 2.75) is 76.7 Å². The van der Waals surface area contributed by atoms with Crippen LogP contribution in [-0.2, 0) is 11.5 Å². The van der Waals surface area contributed by atoms with Gasteiger partial charge in [0.1, 0.15) is 5.75 Å². The highest BCUT2D eigenvalue weighted by atomic mass is 79.9. The number of nitrogens with one attached hydrogen (secondary N) is 1. The lowest BCUT2D eigenvalue weighted by atomic mass is 9.93. The van der Waals surface area contributed by atoms with Crippen LogP contribution in [0.3, 0.4) is 0 Å². The molecule has 0 saturated heterocycles. The molecule has 154 valence electrons. The lowest BCUT2D eigenvalue weighted by molar-refractivity contribution is 0.136. The van der Waals surface area contributed by atoms with Gasteiger partial charge in [0, 0.05) is 38.5 Å². The zero-order chi connectivity index (χ0) is 20.2. The van der Waals surface area contributed by atoms with Crippen LogP contribution in [-0.4, -0.2) is 38.2 Å². The lowest BCUT2D eigenvalue weighted by Crippen LogP contribution is -2.44. The maximum atomic E-state index is 11.8. The van der Waals surface area contributed by atoms with E-state index in [0.717, 1.165) is 43.3 Å². The van der Waals surface area contributed by atoms with E-state index >= 15 is 0 Å². The van der Waals surface area contributed by atoms with E-state index in [-0.39, 0.29) is 16.7 Å². The zero-order valence-corrected chi connectivity index (χ0v) is 20.2. The van der Waals surface area contributed by atoms with Crippen LogP contribution in [0, 0.1) is 0 Å². The first kappa shape index (κ1) is 22.7. The van der Waals surface area contributed by atoms with E-state index < -0.39 is 8.32 Å². The van der Waals surface area contributed by atoms with Gasteiger partial charge in [-0.05, 0) is 59.7 Å². The summed E-state index contributed by atoms with van der Waals surface area (Å²) in [5.74, 6) is 0.650. The van der Waals surface area contributed by atoms with Crippen molar-refractivity contribution < 1.29 is 9.16 Å². The molecule has 1 aromatic rings. The number of aryl methyl sites for hydroxylation is 1. The topological polar surface area (TPSA) is 52.5 Å². The van der Waals surface area contributed by atoms with Gasteiger partial charge in [-0.25, -0.2) is 0 Å². The molecule has 1 heterocycles. The van der Waals surface area contributed by atoms with Gasteiger partial charge in [-0.15, -0.1) is 0 Å². The average Bonchev–Trinajstić information content (AvgIpc) is 2.57. The fraction of sp³-hybridized carbons (Fsp3) is 0.750. The molecule has 0 atom stereocenters. The summed E-state index contributed by atoms with van der Waals surface area (Å²) in [5.41, 5.74) is -0.0507. The molecule has 0 radical (unpaired) electrons. The van der Waals surface area contributed by atoms with Crippen molar-refractivity contribution in [2.75, 3.05) is 13.2 Å². The standard InChI is InChI=1S/C20H35BrN2O3Si/c1-20(2,3)27(5,6)25-12-11-22-15-7-9-16(10-8-15)26-18-13-19(24)23(4)14-17(18)21/h13-16,22H,7-12H2,1-6H3/t15-,16-. The molecule has 1 aromatic heterocycles. The zero-order valence-electron chi connectivity index (χ0n) is 17.6. The number of hydrogen-bond donors (Lipinski definition) is 1. The number of hydrogen-bond acceptors (Lipinski definition) is 4. The van der Waals surface area contributed by atoms with Gasteiger partial charge in [-0.2, -0.15) is 0 Å². The molecule has 2 rings (SSSR count). The summed E-state index contributed by atoms with van der Waals surface area (Å²) in [6, 6.07) is 2.09. The van der Waals surface area contributed by atoms with Gasteiger partial charge in [-0.3, -0.25) is 4.79 Å². The second kappa shape index (κ2) is 9.24. The minimum absolute atomic E-state index is 0.0507. The second-order valence-electron chi connectivity index (χ2n) is 9.09. The monoisotopic (exact) mass is 458 g/mol. The Hall–Kier alpha value is -0.633. The molecule has 0 aliphatic heterocycles. The maximum absolute atomic E-state index is 11.8. The highest BCUT2D eigenvalue weighted by Crippen LogP contribution is 2.36. The van der Waals surface area contributed by atoms with Crippen LogP contribution < -0.4 is 15.6 Å². The number of aromatic nitrogens is 1. The van der Waals surface area contributed by atoms with Gasteiger partial charge < -0.3 is 19.0 Å². The second-order valence-corrected chi connectivity index (χ2v) is 14.8. The summed E-state index contributed by atoms with van der Waals surface area (Å²) < 4.78 is 14.7. The molecule has 7 heteroatoms. The molecular weight excluding hydrogens is 424 g/mol. The summed E-state index contributed by atoms with van der Waals surface area (Å²) in [6.45, 7) is 13.1. The van der Waals surface area contributed by atoms with Crippen LogP contribution in [0.25, 0.3) is 0 Å². The molecule has 1 N–H and O–H groups in total. The molecule has 1 fully saturated rings. The quantitative estimate of drug-likeness (QED) is 0.484. The SMILES string of the molecule is Cn1cc(Br)c(O[C@H]2CC[C@H](NCCO[Si](C)(C)C(C)(C)C)CC2)cc1=O. The highest BCUT2D eigenvalue weighted by molar-refractivity contribution is 9.10. The van der Waals surface area contributed by atoms with Crippen LogP contribution in [0.15, 0.2) is 21.5 Å². The molecule has 0 unspecified atom stereocenters. The van der Waals surface area contributed by atoms with Gasteiger partial charge in [0.2, 0.25) is 0 Å². The summed E-state index contributed by atoms with van der Waals surface area (Å²) in [7, 11) is 0.0869. The molecule has 0 bridgehead atoms. The summed E-state index contributed by atoms with van der Waals surface area (Å²) in [6.07, 6.45) is 6.12. The van der Waals surface area contributed by atoms with Crippen LogP contribution in [0.5, 0.6) is 5.75 Å². The third-order valence-corrected chi connectivity index (χ3v) is 11.1. The summed E-state index contributed by atoms with van der Waals surface area (Å²) in [5, 5.41) is 3.90. The van der Waals surface area contributed by atoms with Crippen LogP contribution >= 0.6 is 15.9 Å². The number of pyridine rings is 1. The predicted octanol–water partition coefficient (Wildman–Crippen LogP) is 4.45. The largest absolute Gasteiger partial charge is 0.489 e. The lowest BCUT2D eigenvalue weighted by Gasteiger charge is -2.36. The average molecular weight is 460 g/mol. The van der Waals surface area contributed by atoms with E-state index in [1.54, 1.807) is 23.9 Å². The minimum Gasteiger partial charge on any atom is -0.489 e. The van der Waals surface area contributed by atoms with Gasteiger partial charge in [0.15, 0.2) is 8.32 Å². The number of halogens is 1. The fourth-order valence-electron chi connectivity index (χ4n) is 3.02. The van der Waals surface area contributed by atoms with Crippen LogP contribution in [0.4, 0.5) is 0 Å². The molecule has 5 nitrogen and oxygen atoms in total. The smallest absolute Gasteiger partial charge is 0.254 e. The van der Waals surface area contributed by atoms with Gasteiger partial charge >= 0.3 is 0 Å². The maximum Gasteiger partial charge on any atom is 0.254 e. The summed E-state index contributed by atoms with van der Waals surface area (Å²) >= 11 is 3.48. The molecule has 0 spiro atoms. The van der Waals surface area contributed by atoms with E-state index in [1.807, 2.05) is 0 Å². The van der Waals surface area contributed by atoms with Crippen molar-refractivity contribution in [2.24, 2.45) is 7.05 Å². The Morgan fingerprint density at radius 1 is 1.26 bits per heavy atom. The Bertz CT molecular complexity index is 677. The molecule has 0 aromatic carbocycles. The predicted molar refractivity (Wildman–Crippen MR) is 117 cm³/mol. The Balaban J connectivity index is 1.72. The summed E-state index contributed by atoms with van der Waals surface area (Å²) in [4.78, 5) is 11.8. The van der Waals surface area contributed by atoms with E-state index in [1.165, 1.54) is 0 Å². The number of rotatable bonds is 7. The van der Waals surface area contributed by atoms with E-state index in [4.69, 9.17) is 9.16 Å². The van der Waals surface area contributed by atoms with Crippen molar-refractivity contribution in [3.8, 4) is 5.75 Å². The van der Waals surface area contributed by atoms with Crippen molar-refractivity contribution in [3.63, 3.8) is 0 Å². The van der Waals surface area contributed by atoms with Crippen molar-refractivity contribution in [1.29, 1.82) is 0 Å². The third kappa shape index (κ3) is 6.44. The first-order valence-corrected chi connectivity index (χ1v) is 13.6. The van der Waals surface area contributed by atoms with Gasteiger partial charge in [0.25, 0.3) is 5.56 Å². The van der Waals surface area contributed by atoms with Gasteiger partial charge in [-0.1, -0.05) is 20.8 Å². The van der Waals surface area contributed by atoms with E-state index in [0.29, 0.717) is 11.8 Å². The van der Waals surface area contributed by atoms with Crippen molar-refractivity contribution in [3.05, 3.63) is 27.1 Å². The Labute approximate surface area is 173 Å². The van der Waals surface area contributed by atoms with Crippen LogP contribution in [0.1, 0.15) is 46.5 Å². The normalized spacial score (nSPS) is 21.3. The van der Waals surface area contributed by atoms with Crippen molar-refractivity contribution in [1.82, 2.24) is 9.88 Å². The molecule has 0 amide bonds. The van der Waals surface area contributed by atoms with Crippen molar-refractivity contribution >= 4 is 24.2 Å². The van der Waals surface area contributed by atoms with Gasteiger partial charge in [0.05, 0.1) is 10.6 Å². The molecule has 1 saturated carbocycles. The van der Waals surface area contributed by atoms with E-state index in [2.05, 4.69) is 55.1 Å². The fourth-order valence-corrected chi connectivity index (χ4v) is 4.58. The number of ether oxygens (including phenoxy) is 1. The number of nitrogens with zero attached hydrogens (tertiary/aromatic N) is 1. The molecule has 1 aliphatic carbocycles. The van der Waals surface area contributed by atoms with Crippen LogP contribution in [0.2, 0.25) is 18.1 Å². The highest BCUT2D eigenvalue weighted by Gasteiger charge is 2.36. The first-order valence-electron chi connectivity index (χ1n) is 9.90. The Kier molecular flexibility index (Phi) is 7.76. The van der Waals surface area contributed by atoms with E-state index in [9.17, 15) is 4.79 Å². The molecule has 1 aliphatic rings. The Morgan fingerprint density at radius 2 is 1.89 bits per heavy atom. The first-order chi connectivity index (χ1) is 12.5. The minimum atomic E-state index is -1.65. The Morgan fingerprint density at radius 3 is 2.48 bits per heavy atom. The third-order valence-electron chi connectivity index (χ3n) is 5.92.